The van der Waals surface area contributed by atoms with Crippen LogP contribution in [0.15, 0.2) is 33.4 Å². The fraction of sp³-hybridized carbons (Fsp3) is 0.312. The lowest BCUT2D eigenvalue weighted by Crippen LogP contribution is -2.25. The number of carbonyl (C=O) groups excluding carboxylic acids is 1. The maximum Gasteiger partial charge on any atom is 0.287 e. The molecule has 0 aliphatic heterocycles. The molecule has 0 bridgehead atoms. The van der Waals surface area contributed by atoms with Crippen LogP contribution in [0.1, 0.15) is 21.7 Å². The first-order valence-electron chi connectivity index (χ1n) is 6.79. The van der Waals surface area contributed by atoms with Gasteiger partial charge in [0.1, 0.15) is 0 Å². The Bertz CT molecular complexity index is 666. The third-order valence-electron chi connectivity index (χ3n) is 3.30. The molecule has 1 aromatic carbocycles. The number of methoxy groups -OCH3 is 2. The van der Waals surface area contributed by atoms with Crippen LogP contribution in [0.3, 0.4) is 0 Å². The minimum Gasteiger partial charge on any atom is -0.493 e. The highest BCUT2D eigenvalue weighted by Gasteiger charge is 2.13. The van der Waals surface area contributed by atoms with Crippen molar-refractivity contribution in [2.75, 3.05) is 20.8 Å². The Morgan fingerprint density at radius 1 is 1.27 bits per heavy atom. The van der Waals surface area contributed by atoms with Crippen LogP contribution < -0.4 is 14.8 Å². The normalized spacial score (nSPS) is 10.4. The topological polar surface area (TPSA) is 60.7 Å². The number of nitrogens with one attached hydrogen (secondary N) is 1. The van der Waals surface area contributed by atoms with Crippen molar-refractivity contribution in [3.63, 3.8) is 0 Å². The summed E-state index contributed by atoms with van der Waals surface area (Å²) in [6.45, 7) is 2.33. The van der Waals surface area contributed by atoms with Crippen molar-refractivity contribution < 1.29 is 18.7 Å². The predicted octanol–water partition coefficient (Wildman–Crippen LogP) is 3.34. The Morgan fingerprint density at radius 2 is 1.95 bits per heavy atom. The number of amides is 1. The Balaban J connectivity index is 2.00. The van der Waals surface area contributed by atoms with Crippen LogP contribution in [0, 0.1) is 6.92 Å². The zero-order valence-electron chi connectivity index (χ0n) is 12.7. The second-order valence-corrected chi connectivity index (χ2v) is 5.59. The highest BCUT2D eigenvalue weighted by Crippen LogP contribution is 2.33. The molecule has 6 heteroatoms. The van der Waals surface area contributed by atoms with E-state index in [2.05, 4.69) is 21.2 Å². The van der Waals surface area contributed by atoms with Crippen molar-refractivity contribution in [3.8, 4) is 11.5 Å². The van der Waals surface area contributed by atoms with Crippen LogP contribution in [0.2, 0.25) is 0 Å². The number of furan rings is 1. The lowest BCUT2D eigenvalue weighted by molar-refractivity contribution is 0.0925. The average molecular weight is 368 g/mol. The molecule has 1 aromatic heterocycles. The van der Waals surface area contributed by atoms with E-state index >= 15 is 0 Å². The molecule has 118 valence electrons. The van der Waals surface area contributed by atoms with E-state index in [4.69, 9.17) is 13.9 Å². The standard InChI is InChI=1S/C16H18BrNO4/c1-10-5-7-22-15(10)16(19)18-6-4-11-8-13(20-2)14(21-3)9-12(11)17/h5,7-9H,4,6H2,1-3H3,(H,18,19). The van der Waals surface area contributed by atoms with Gasteiger partial charge >= 0.3 is 0 Å². The van der Waals surface area contributed by atoms with Gasteiger partial charge in [0.2, 0.25) is 0 Å². The maximum absolute atomic E-state index is 12.0. The summed E-state index contributed by atoms with van der Waals surface area (Å²) < 4.78 is 16.6. The van der Waals surface area contributed by atoms with E-state index in [1.807, 2.05) is 19.1 Å². The molecule has 0 atom stereocenters. The summed E-state index contributed by atoms with van der Waals surface area (Å²) in [4.78, 5) is 12.0. The molecule has 0 saturated carbocycles. The van der Waals surface area contributed by atoms with Crippen LogP contribution in [-0.4, -0.2) is 26.7 Å². The zero-order chi connectivity index (χ0) is 16.1. The van der Waals surface area contributed by atoms with E-state index in [9.17, 15) is 4.79 Å². The smallest absolute Gasteiger partial charge is 0.287 e. The van der Waals surface area contributed by atoms with E-state index in [1.165, 1.54) is 6.26 Å². The Labute approximate surface area is 137 Å². The number of benzene rings is 1. The molecule has 0 spiro atoms. The van der Waals surface area contributed by atoms with Crippen LogP contribution in [0.4, 0.5) is 0 Å². The zero-order valence-corrected chi connectivity index (χ0v) is 14.3. The second kappa shape index (κ2) is 7.35. The summed E-state index contributed by atoms with van der Waals surface area (Å²) in [5.74, 6) is 1.47. The summed E-state index contributed by atoms with van der Waals surface area (Å²) in [5.41, 5.74) is 1.85. The molecule has 1 heterocycles. The fourth-order valence-corrected chi connectivity index (χ4v) is 2.60. The predicted molar refractivity (Wildman–Crippen MR) is 86.7 cm³/mol. The lowest BCUT2D eigenvalue weighted by Gasteiger charge is -2.12. The number of ether oxygens (including phenoxy) is 2. The summed E-state index contributed by atoms with van der Waals surface area (Å²) in [6, 6.07) is 5.51. The minimum atomic E-state index is -0.209. The third kappa shape index (κ3) is 3.62. The molecular formula is C16H18BrNO4. The van der Waals surface area contributed by atoms with E-state index in [1.54, 1.807) is 20.3 Å². The highest BCUT2D eigenvalue weighted by atomic mass is 79.9. The number of rotatable bonds is 6. The summed E-state index contributed by atoms with van der Waals surface area (Å²) in [6.07, 6.45) is 2.17. The van der Waals surface area contributed by atoms with Gasteiger partial charge in [-0.25, -0.2) is 0 Å². The molecule has 2 rings (SSSR count). The van der Waals surface area contributed by atoms with Gasteiger partial charge < -0.3 is 19.2 Å². The largest absolute Gasteiger partial charge is 0.493 e. The Kier molecular flexibility index (Phi) is 5.49. The molecule has 2 aromatic rings. The van der Waals surface area contributed by atoms with Gasteiger partial charge in [-0.1, -0.05) is 15.9 Å². The first-order valence-corrected chi connectivity index (χ1v) is 7.58. The minimum absolute atomic E-state index is 0.209. The molecule has 0 saturated heterocycles. The van der Waals surface area contributed by atoms with Gasteiger partial charge in [0.05, 0.1) is 20.5 Å². The summed E-state index contributed by atoms with van der Waals surface area (Å²) in [5, 5.41) is 2.84. The lowest BCUT2D eigenvalue weighted by atomic mass is 10.1. The van der Waals surface area contributed by atoms with Crippen LogP contribution in [0.5, 0.6) is 11.5 Å². The fourth-order valence-electron chi connectivity index (χ4n) is 2.08. The van der Waals surface area contributed by atoms with Gasteiger partial charge in [0.25, 0.3) is 5.91 Å². The second-order valence-electron chi connectivity index (χ2n) is 4.74. The van der Waals surface area contributed by atoms with E-state index in [0.29, 0.717) is 30.2 Å². The molecule has 1 N–H and O–H groups in total. The first-order chi connectivity index (χ1) is 10.6. The number of hydrogen-bond donors (Lipinski definition) is 1. The van der Waals surface area contributed by atoms with Gasteiger partial charge in [-0.15, -0.1) is 0 Å². The average Bonchev–Trinajstić information content (AvgIpc) is 2.94. The molecule has 0 fully saturated rings. The van der Waals surface area contributed by atoms with Gasteiger partial charge in [-0.3, -0.25) is 4.79 Å². The summed E-state index contributed by atoms with van der Waals surface area (Å²) >= 11 is 3.50. The number of aryl methyl sites for hydroxylation is 1. The molecular weight excluding hydrogens is 350 g/mol. The van der Waals surface area contributed by atoms with Crippen LogP contribution in [-0.2, 0) is 6.42 Å². The number of hydrogen-bond acceptors (Lipinski definition) is 4. The third-order valence-corrected chi connectivity index (χ3v) is 4.04. The maximum atomic E-state index is 12.0. The van der Waals surface area contributed by atoms with Gasteiger partial charge in [-0.2, -0.15) is 0 Å². The molecule has 0 aliphatic rings. The quantitative estimate of drug-likeness (QED) is 0.850. The van der Waals surface area contributed by atoms with Crippen LogP contribution in [0.25, 0.3) is 0 Å². The molecule has 5 nitrogen and oxygen atoms in total. The van der Waals surface area contributed by atoms with Crippen LogP contribution >= 0.6 is 15.9 Å². The number of halogens is 1. The van der Waals surface area contributed by atoms with E-state index in [0.717, 1.165) is 15.6 Å². The van der Waals surface area contributed by atoms with E-state index < -0.39 is 0 Å². The molecule has 0 aliphatic carbocycles. The van der Waals surface area contributed by atoms with Crippen molar-refractivity contribution in [1.82, 2.24) is 5.32 Å². The van der Waals surface area contributed by atoms with Crippen molar-refractivity contribution in [2.24, 2.45) is 0 Å². The van der Waals surface area contributed by atoms with Crippen molar-refractivity contribution in [3.05, 3.63) is 45.8 Å². The van der Waals surface area contributed by atoms with E-state index in [-0.39, 0.29) is 5.91 Å². The SMILES string of the molecule is COc1cc(Br)c(CCNC(=O)c2occc2C)cc1OC. The monoisotopic (exact) mass is 367 g/mol. The van der Waals surface area contributed by atoms with Gasteiger partial charge in [-0.05, 0) is 37.1 Å². The Hall–Kier alpha value is -1.95. The summed E-state index contributed by atoms with van der Waals surface area (Å²) in [7, 11) is 3.19. The molecule has 22 heavy (non-hydrogen) atoms. The van der Waals surface area contributed by atoms with Gasteiger partial charge in [0.15, 0.2) is 17.3 Å². The molecule has 0 radical (unpaired) electrons. The Morgan fingerprint density at radius 3 is 2.55 bits per heavy atom. The van der Waals surface area contributed by atoms with Gasteiger partial charge in [0, 0.05) is 16.6 Å². The highest BCUT2D eigenvalue weighted by molar-refractivity contribution is 9.10. The van der Waals surface area contributed by atoms with Crippen molar-refractivity contribution in [1.29, 1.82) is 0 Å². The molecule has 0 unspecified atom stereocenters. The van der Waals surface area contributed by atoms with Crippen molar-refractivity contribution in [2.45, 2.75) is 13.3 Å². The number of carbonyl (C=O) groups is 1. The molecule has 1 amide bonds. The van der Waals surface area contributed by atoms with Crippen molar-refractivity contribution >= 4 is 21.8 Å². The first kappa shape index (κ1) is 16.4.